The molecule has 2 aromatic rings. The molecule has 0 saturated carbocycles. The zero-order chi connectivity index (χ0) is 18.1. The quantitative estimate of drug-likeness (QED) is 0.838. The molecule has 26 heavy (non-hydrogen) atoms. The van der Waals surface area contributed by atoms with Crippen LogP contribution < -0.4 is 14.9 Å². The first-order valence-electron chi connectivity index (χ1n) is 9.09. The standard InChI is InChI=1S/C19H23N3O3S/c23-18(21-11-9-14-4-3-10-20-12-14)13-22-16-7-1-5-15-6-2-8-17(19(15)16)26(22,24)25/h1-2,5-8,14,20H,3-4,9-13H2,(H,21,23). The molecule has 2 heterocycles. The van der Waals surface area contributed by atoms with Crippen LogP contribution in [0.4, 0.5) is 5.69 Å². The summed E-state index contributed by atoms with van der Waals surface area (Å²) in [4.78, 5) is 12.6. The van der Waals surface area contributed by atoms with Crippen LogP contribution in [0.15, 0.2) is 41.3 Å². The summed E-state index contributed by atoms with van der Waals surface area (Å²) >= 11 is 0. The molecule has 1 unspecified atom stereocenters. The molecular formula is C19H23N3O3S. The Morgan fingerprint density at radius 3 is 2.81 bits per heavy atom. The topological polar surface area (TPSA) is 78.5 Å². The Kier molecular flexibility index (Phi) is 4.58. The summed E-state index contributed by atoms with van der Waals surface area (Å²) in [6.45, 7) is 2.46. The Bertz CT molecular complexity index is 931. The van der Waals surface area contributed by atoms with Gasteiger partial charge in [0.1, 0.15) is 6.54 Å². The lowest BCUT2D eigenvalue weighted by atomic mass is 9.96. The number of piperidine rings is 1. The van der Waals surface area contributed by atoms with E-state index in [0.29, 0.717) is 23.5 Å². The van der Waals surface area contributed by atoms with Crippen molar-refractivity contribution in [3.05, 3.63) is 36.4 Å². The number of benzene rings is 2. The van der Waals surface area contributed by atoms with Gasteiger partial charge in [-0.15, -0.1) is 0 Å². The molecule has 2 aliphatic heterocycles. The van der Waals surface area contributed by atoms with Crippen LogP contribution in [0.25, 0.3) is 10.8 Å². The van der Waals surface area contributed by atoms with E-state index in [2.05, 4.69) is 10.6 Å². The summed E-state index contributed by atoms with van der Waals surface area (Å²) in [5, 5.41) is 7.82. The molecule has 7 heteroatoms. The van der Waals surface area contributed by atoms with Crippen LogP contribution in [-0.2, 0) is 14.8 Å². The van der Waals surface area contributed by atoms with Crippen LogP contribution in [-0.4, -0.2) is 40.5 Å². The molecule has 1 atom stereocenters. The van der Waals surface area contributed by atoms with Gasteiger partial charge in [-0.05, 0) is 55.8 Å². The van der Waals surface area contributed by atoms with E-state index in [1.165, 1.54) is 17.1 Å². The Morgan fingerprint density at radius 2 is 2.04 bits per heavy atom. The van der Waals surface area contributed by atoms with Crippen molar-refractivity contribution in [3.63, 3.8) is 0 Å². The van der Waals surface area contributed by atoms with E-state index < -0.39 is 10.0 Å². The molecule has 0 spiro atoms. The average molecular weight is 373 g/mol. The van der Waals surface area contributed by atoms with Gasteiger partial charge in [0.25, 0.3) is 10.0 Å². The third kappa shape index (κ3) is 3.05. The molecule has 2 aliphatic rings. The first-order chi connectivity index (χ1) is 12.6. The second kappa shape index (κ2) is 6.89. The second-order valence-electron chi connectivity index (χ2n) is 6.99. The number of carbonyl (C=O) groups excluding carboxylic acids is 1. The monoisotopic (exact) mass is 373 g/mol. The first kappa shape index (κ1) is 17.3. The summed E-state index contributed by atoms with van der Waals surface area (Å²) in [5.41, 5.74) is 0.588. The lowest BCUT2D eigenvalue weighted by molar-refractivity contribution is -0.119. The largest absolute Gasteiger partial charge is 0.355 e. The molecule has 2 N–H and O–H groups in total. The maximum Gasteiger partial charge on any atom is 0.265 e. The number of anilines is 1. The normalized spacial score (nSPS) is 21.1. The Hall–Kier alpha value is -2.12. The molecule has 0 aromatic heterocycles. The van der Waals surface area contributed by atoms with Crippen LogP contribution in [0.1, 0.15) is 19.3 Å². The van der Waals surface area contributed by atoms with Crippen molar-refractivity contribution in [2.75, 3.05) is 30.5 Å². The summed E-state index contributed by atoms with van der Waals surface area (Å²) in [5.74, 6) is 0.319. The SMILES string of the molecule is O=C(CN1c2cccc3cccc(c23)S1(=O)=O)NCCC1CCCNC1. The van der Waals surface area contributed by atoms with Crippen molar-refractivity contribution in [2.45, 2.75) is 24.2 Å². The van der Waals surface area contributed by atoms with Gasteiger partial charge >= 0.3 is 0 Å². The van der Waals surface area contributed by atoms with Gasteiger partial charge in [0, 0.05) is 11.9 Å². The van der Waals surface area contributed by atoms with Crippen molar-refractivity contribution in [2.24, 2.45) is 5.92 Å². The maximum absolute atomic E-state index is 12.9. The Morgan fingerprint density at radius 1 is 1.23 bits per heavy atom. The predicted octanol–water partition coefficient (Wildman–Crippen LogP) is 1.85. The second-order valence-corrected chi connectivity index (χ2v) is 8.82. The van der Waals surface area contributed by atoms with Gasteiger partial charge in [-0.1, -0.05) is 24.3 Å². The fourth-order valence-corrected chi connectivity index (χ4v) is 5.57. The fraction of sp³-hybridized carbons (Fsp3) is 0.421. The molecule has 2 aromatic carbocycles. The number of hydrogen-bond donors (Lipinski definition) is 2. The maximum atomic E-state index is 12.9. The van der Waals surface area contributed by atoms with Gasteiger partial charge in [-0.3, -0.25) is 9.10 Å². The van der Waals surface area contributed by atoms with Crippen LogP contribution in [0.2, 0.25) is 0 Å². The van der Waals surface area contributed by atoms with Crippen molar-refractivity contribution >= 4 is 32.4 Å². The number of rotatable bonds is 5. The summed E-state index contributed by atoms with van der Waals surface area (Å²) in [6.07, 6.45) is 3.27. The Balaban J connectivity index is 1.45. The van der Waals surface area contributed by atoms with E-state index in [4.69, 9.17) is 0 Å². The predicted molar refractivity (Wildman–Crippen MR) is 102 cm³/mol. The molecule has 138 valence electrons. The van der Waals surface area contributed by atoms with Gasteiger partial charge in [-0.2, -0.15) is 0 Å². The highest BCUT2D eigenvalue weighted by Gasteiger charge is 2.36. The van der Waals surface area contributed by atoms with E-state index in [9.17, 15) is 13.2 Å². The number of hydrogen-bond acceptors (Lipinski definition) is 4. The number of nitrogens with one attached hydrogen (secondary N) is 2. The van der Waals surface area contributed by atoms with Crippen LogP contribution in [0.5, 0.6) is 0 Å². The molecule has 0 aliphatic carbocycles. The van der Waals surface area contributed by atoms with E-state index >= 15 is 0 Å². The average Bonchev–Trinajstić information content (AvgIpc) is 2.86. The molecule has 1 saturated heterocycles. The third-order valence-electron chi connectivity index (χ3n) is 5.24. The van der Waals surface area contributed by atoms with E-state index in [1.54, 1.807) is 18.2 Å². The fourth-order valence-electron chi connectivity index (χ4n) is 3.90. The third-order valence-corrected chi connectivity index (χ3v) is 7.04. The van der Waals surface area contributed by atoms with Crippen molar-refractivity contribution in [1.29, 1.82) is 0 Å². The minimum atomic E-state index is -3.68. The van der Waals surface area contributed by atoms with Crippen LogP contribution >= 0.6 is 0 Å². The molecule has 4 rings (SSSR count). The van der Waals surface area contributed by atoms with Gasteiger partial charge in [0.15, 0.2) is 0 Å². The van der Waals surface area contributed by atoms with Gasteiger partial charge in [0.05, 0.1) is 10.6 Å². The van der Waals surface area contributed by atoms with E-state index in [0.717, 1.165) is 24.9 Å². The minimum absolute atomic E-state index is 0.182. The highest BCUT2D eigenvalue weighted by Crippen LogP contribution is 2.41. The number of amides is 1. The minimum Gasteiger partial charge on any atom is -0.355 e. The van der Waals surface area contributed by atoms with Crippen LogP contribution in [0.3, 0.4) is 0 Å². The molecule has 0 radical (unpaired) electrons. The molecule has 1 fully saturated rings. The van der Waals surface area contributed by atoms with Crippen molar-refractivity contribution in [3.8, 4) is 0 Å². The molecule has 6 nitrogen and oxygen atoms in total. The zero-order valence-corrected chi connectivity index (χ0v) is 15.4. The van der Waals surface area contributed by atoms with E-state index in [1.807, 2.05) is 18.2 Å². The summed E-state index contributed by atoms with van der Waals surface area (Å²) < 4.78 is 26.9. The first-order valence-corrected chi connectivity index (χ1v) is 10.5. The summed E-state index contributed by atoms with van der Waals surface area (Å²) in [7, 11) is -3.68. The molecule has 1 amide bonds. The number of nitrogens with zero attached hydrogens (tertiary/aromatic N) is 1. The molecule has 0 bridgehead atoms. The van der Waals surface area contributed by atoms with E-state index in [-0.39, 0.29) is 17.3 Å². The van der Waals surface area contributed by atoms with Gasteiger partial charge in [0.2, 0.25) is 5.91 Å². The van der Waals surface area contributed by atoms with Gasteiger partial charge in [-0.25, -0.2) is 8.42 Å². The van der Waals surface area contributed by atoms with Crippen LogP contribution in [0, 0.1) is 5.92 Å². The Labute approximate surface area is 153 Å². The summed E-state index contributed by atoms with van der Waals surface area (Å²) in [6, 6.07) is 10.7. The van der Waals surface area contributed by atoms with Gasteiger partial charge < -0.3 is 10.6 Å². The van der Waals surface area contributed by atoms with Crippen molar-refractivity contribution in [1.82, 2.24) is 10.6 Å². The highest BCUT2D eigenvalue weighted by molar-refractivity contribution is 7.93. The zero-order valence-electron chi connectivity index (χ0n) is 14.6. The van der Waals surface area contributed by atoms with Crippen molar-refractivity contribution < 1.29 is 13.2 Å². The number of sulfonamides is 1. The molecular weight excluding hydrogens is 350 g/mol. The lowest BCUT2D eigenvalue weighted by Crippen LogP contribution is -2.40. The number of carbonyl (C=O) groups is 1. The lowest BCUT2D eigenvalue weighted by Gasteiger charge is -2.23. The smallest absolute Gasteiger partial charge is 0.265 e. The highest BCUT2D eigenvalue weighted by atomic mass is 32.2.